The molecule has 0 amide bonds. The summed E-state index contributed by atoms with van der Waals surface area (Å²) in [7, 11) is 0. The summed E-state index contributed by atoms with van der Waals surface area (Å²) in [6.45, 7) is 0. The number of benzene rings is 1. The van der Waals surface area contributed by atoms with Gasteiger partial charge in [0.1, 0.15) is 6.33 Å². The zero-order valence-corrected chi connectivity index (χ0v) is 7.41. The Balaban J connectivity index is 2.43. The van der Waals surface area contributed by atoms with E-state index in [1.54, 1.807) is 23.3 Å². The molecule has 0 aliphatic heterocycles. The Labute approximate surface area is 81.1 Å². The number of rotatable bonds is 1. The van der Waals surface area contributed by atoms with Crippen molar-refractivity contribution in [1.82, 2.24) is 9.55 Å². The zero-order valence-electron chi connectivity index (χ0n) is 7.41. The Kier molecular flexibility index (Phi) is 2.27. The molecule has 1 aromatic carbocycles. The van der Waals surface area contributed by atoms with Crippen LogP contribution in [0.1, 0.15) is 5.56 Å². The fourth-order valence-electron chi connectivity index (χ4n) is 1.23. The molecule has 70 valence electrons. The van der Waals surface area contributed by atoms with Crippen molar-refractivity contribution < 1.29 is 5.21 Å². The van der Waals surface area contributed by atoms with E-state index in [1.807, 2.05) is 30.3 Å². The number of oxime groups is 1. The summed E-state index contributed by atoms with van der Waals surface area (Å²) >= 11 is 0. The quantitative estimate of drug-likeness (QED) is 0.319. The van der Waals surface area contributed by atoms with Crippen LogP contribution in [-0.4, -0.2) is 20.6 Å². The second-order valence-electron chi connectivity index (χ2n) is 2.76. The molecule has 0 radical (unpaired) electrons. The Bertz CT molecular complexity index is 420. The molecule has 4 heteroatoms. The van der Waals surface area contributed by atoms with Gasteiger partial charge in [0.05, 0.1) is 0 Å². The summed E-state index contributed by atoms with van der Waals surface area (Å²) in [5.41, 5.74) is 0.841. The Morgan fingerprint density at radius 1 is 1.29 bits per heavy atom. The van der Waals surface area contributed by atoms with Gasteiger partial charge in [0, 0.05) is 18.0 Å². The van der Waals surface area contributed by atoms with Crippen LogP contribution in [0.15, 0.2) is 54.2 Å². The lowest BCUT2D eigenvalue weighted by molar-refractivity contribution is 0.317. The van der Waals surface area contributed by atoms with E-state index in [-0.39, 0.29) is 0 Å². The number of hydrogen-bond donors (Lipinski definition) is 1. The molecule has 0 fully saturated rings. The number of aromatic nitrogens is 2. The van der Waals surface area contributed by atoms with Gasteiger partial charge in [0.15, 0.2) is 5.84 Å². The Morgan fingerprint density at radius 3 is 2.64 bits per heavy atom. The predicted molar refractivity (Wildman–Crippen MR) is 52.4 cm³/mol. The average Bonchev–Trinajstić information content (AvgIpc) is 2.74. The molecule has 0 atom stereocenters. The van der Waals surface area contributed by atoms with Crippen LogP contribution in [0.5, 0.6) is 0 Å². The van der Waals surface area contributed by atoms with Gasteiger partial charge in [-0.05, 0) is 0 Å². The van der Waals surface area contributed by atoms with Crippen molar-refractivity contribution in [2.45, 2.75) is 0 Å². The van der Waals surface area contributed by atoms with E-state index in [4.69, 9.17) is 5.21 Å². The summed E-state index contributed by atoms with van der Waals surface area (Å²) in [5.74, 6) is 0.461. The summed E-state index contributed by atoms with van der Waals surface area (Å²) in [5, 5.41) is 12.1. The Morgan fingerprint density at radius 2 is 2.07 bits per heavy atom. The molecule has 0 bridgehead atoms. The molecule has 14 heavy (non-hydrogen) atoms. The fourth-order valence-corrected chi connectivity index (χ4v) is 1.23. The minimum Gasteiger partial charge on any atom is -0.409 e. The van der Waals surface area contributed by atoms with Crippen molar-refractivity contribution in [2.24, 2.45) is 5.16 Å². The molecule has 0 saturated carbocycles. The van der Waals surface area contributed by atoms with Crippen LogP contribution >= 0.6 is 0 Å². The molecule has 4 nitrogen and oxygen atoms in total. The molecular weight excluding hydrogens is 178 g/mol. The van der Waals surface area contributed by atoms with Gasteiger partial charge < -0.3 is 5.21 Å². The van der Waals surface area contributed by atoms with Gasteiger partial charge in [-0.15, -0.1) is 0 Å². The lowest BCUT2D eigenvalue weighted by Crippen LogP contribution is -2.11. The molecule has 0 aliphatic rings. The molecule has 0 unspecified atom stereocenters. The normalized spacial score (nSPS) is 11.6. The van der Waals surface area contributed by atoms with Gasteiger partial charge >= 0.3 is 0 Å². The number of imidazole rings is 1. The minimum absolute atomic E-state index is 0.461. The van der Waals surface area contributed by atoms with Crippen LogP contribution in [0.25, 0.3) is 0 Å². The van der Waals surface area contributed by atoms with Crippen LogP contribution in [-0.2, 0) is 0 Å². The van der Waals surface area contributed by atoms with Crippen LogP contribution in [0.2, 0.25) is 0 Å². The first-order valence-electron chi connectivity index (χ1n) is 4.17. The third kappa shape index (κ3) is 1.50. The molecule has 2 rings (SSSR count). The lowest BCUT2D eigenvalue weighted by atomic mass is 10.2. The van der Waals surface area contributed by atoms with Gasteiger partial charge in [0.25, 0.3) is 0 Å². The lowest BCUT2D eigenvalue weighted by Gasteiger charge is -2.03. The Hall–Kier alpha value is -2.10. The topological polar surface area (TPSA) is 50.4 Å². The predicted octanol–water partition coefficient (Wildman–Crippen LogP) is 1.57. The highest BCUT2D eigenvalue weighted by atomic mass is 16.4. The van der Waals surface area contributed by atoms with Gasteiger partial charge in [-0.2, -0.15) is 0 Å². The third-order valence-corrected chi connectivity index (χ3v) is 1.88. The SMILES string of the molecule is ON=C(c1ccccc1)n1ccnc1. The maximum atomic E-state index is 8.89. The smallest absolute Gasteiger partial charge is 0.184 e. The first-order chi connectivity index (χ1) is 6.92. The summed E-state index contributed by atoms with van der Waals surface area (Å²) < 4.78 is 1.65. The highest BCUT2D eigenvalue weighted by molar-refractivity contribution is 5.99. The van der Waals surface area contributed by atoms with Gasteiger partial charge in [-0.1, -0.05) is 35.5 Å². The maximum absolute atomic E-state index is 8.89. The largest absolute Gasteiger partial charge is 0.409 e. The van der Waals surface area contributed by atoms with Crippen molar-refractivity contribution in [2.75, 3.05) is 0 Å². The van der Waals surface area contributed by atoms with E-state index in [0.29, 0.717) is 5.84 Å². The first kappa shape index (κ1) is 8.50. The van der Waals surface area contributed by atoms with E-state index in [1.165, 1.54) is 0 Å². The summed E-state index contributed by atoms with van der Waals surface area (Å²) in [6.07, 6.45) is 4.94. The van der Waals surface area contributed by atoms with Crippen molar-refractivity contribution in [1.29, 1.82) is 0 Å². The van der Waals surface area contributed by atoms with Crippen molar-refractivity contribution in [3.05, 3.63) is 54.6 Å². The highest BCUT2D eigenvalue weighted by Crippen LogP contribution is 2.03. The van der Waals surface area contributed by atoms with Crippen LogP contribution < -0.4 is 0 Å². The molecule has 0 aliphatic carbocycles. The highest BCUT2D eigenvalue weighted by Gasteiger charge is 2.04. The monoisotopic (exact) mass is 187 g/mol. The molecule has 0 spiro atoms. The molecular formula is C10H9N3O. The molecule has 1 aromatic heterocycles. The van der Waals surface area contributed by atoms with Crippen molar-refractivity contribution in [3.8, 4) is 0 Å². The van der Waals surface area contributed by atoms with E-state index in [0.717, 1.165) is 5.56 Å². The van der Waals surface area contributed by atoms with Gasteiger partial charge in [-0.25, -0.2) is 4.98 Å². The standard InChI is InChI=1S/C10H9N3O/c14-12-10(13-7-6-11-8-13)9-4-2-1-3-5-9/h1-8,14H. The maximum Gasteiger partial charge on any atom is 0.184 e. The van der Waals surface area contributed by atoms with E-state index >= 15 is 0 Å². The van der Waals surface area contributed by atoms with Crippen LogP contribution in [0, 0.1) is 0 Å². The van der Waals surface area contributed by atoms with E-state index in [9.17, 15) is 0 Å². The summed E-state index contributed by atoms with van der Waals surface area (Å²) in [6, 6.07) is 9.42. The van der Waals surface area contributed by atoms with Crippen LogP contribution in [0.3, 0.4) is 0 Å². The van der Waals surface area contributed by atoms with E-state index < -0.39 is 0 Å². The zero-order chi connectivity index (χ0) is 9.80. The second kappa shape index (κ2) is 3.74. The molecule has 1 heterocycles. The molecule has 0 saturated heterocycles. The number of nitrogens with zero attached hydrogens (tertiary/aromatic N) is 3. The van der Waals surface area contributed by atoms with Crippen molar-refractivity contribution >= 4 is 5.84 Å². The molecule has 1 N–H and O–H groups in total. The molecule has 2 aromatic rings. The number of hydrogen-bond acceptors (Lipinski definition) is 3. The van der Waals surface area contributed by atoms with Crippen molar-refractivity contribution in [3.63, 3.8) is 0 Å². The second-order valence-corrected chi connectivity index (χ2v) is 2.76. The van der Waals surface area contributed by atoms with E-state index in [2.05, 4.69) is 10.1 Å². The third-order valence-electron chi connectivity index (χ3n) is 1.88. The van der Waals surface area contributed by atoms with Gasteiger partial charge in [-0.3, -0.25) is 4.57 Å². The van der Waals surface area contributed by atoms with Crippen LogP contribution in [0.4, 0.5) is 0 Å². The minimum atomic E-state index is 0.461. The first-order valence-corrected chi connectivity index (χ1v) is 4.17. The fraction of sp³-hybridized carbons (Fsp3) is 0. The van der Waals surface area contributed by atoms with Gasteiger partial charge in [0.2, 0.25) is 0 Å². The average molecular weight is 187 g/mol. The summed E-state index contributed by atoms with van der Waals surface area (Å²) in [4.78, 5) is 3.89.